The van der Waals surface area contributed by atoms with Crippen molar-refractivity contribution in [3.63, 3.8) is 0 Å². The monoisotopic (exact) mass is 374 g/mol. The highest BCUT2D eigenvalue weighted by Crippen LogP contribution is 2.23. The maximum atomic E-state index is 12.4. The predicted molar refractivity (Wildman–Crippen MR) is 107 cm³/mol. The van der Waals surface area contributed by atoms with Crippen LogP contribution in [0.2, 0.25) is 0 Å². The van der Waals surface area contributed by atoms with E-state index in [-0.39, 0.29) is 17.6 Å². The van der Waals surface area contributed by atoms with Crippen molar-refractivity contribution in [1.82, 2.24) is 20.0 Å². The topological polar surface area (TPSA) is 73.0 Å². The zero-order valence-electron chi connectivity index (χ0n) is 15.9. The molecule has 0 radical (unpaired) electrons. The molecule has 142 valence electrons. The molecule has 0 aliphatic heterocycles. The minimum absolute atomic E-state index is 0.0616. The SMILES string of the molecule is CC(c1ccccc1)c1cc(C(=O)NCCc2nc3ccccc3n2C)on1. The minimum atomic E-state index is -0.266. The lowest BCUT2D eigenvalue weighted by Crippen LogP contribution is -2.26. The van der Waals surface area contributed by atoms with Crippen LogP contribution in [-0.4, -0.2) is 27.2 Å². The highest BCUT2D eigenvalue weighted by molar-refractivity contribution is 5.91. The summed E-state index contributed by atoms with van der Waals surface area (Å²) in [7, 11) is 1.99. The van der Waals surface area contributed by atoms with Gasteiger partial charge in [0.25, 0.3) is 5.91 Å². The van der Waals surface area contributed by atoms with Crippen LogP contribution >= 0.6 is 0 Å². The zero-order chi connectivity index (χ0) is 19.5. The van der Waals surface area contributed by atoms with Crippen molar-refractivity contribution in [2.75, 3.05) is 6.54 Å². The number of para-hydroxylation sites is 2. The first-order valence-corrected chi connectivity index (χ1v) is 9.33. The molecule has 1 atom stereocenters. The quantitative estimate of drug-likeness (QED) is 0.559. The highest BCUT2D eigenvalue weighted by atomic mass is 16.5. The third-order valence-electron chi connectivity index (χ3n) is 5.01. The second-order valence-corrected chi connectivity index (χ2v) is 6.83. The predicted octanol–water partition coefficient (Wildman–Crippen LogP) is 3.69. The first-order chi connectivity index (χ1) is 13.6. The lowest BCUT2D eigenvalue weighted by molar-refractivity contribution is 0.0917. The molecule has 1 unspecified atom stereocenters. The van der Waals surface area contributed by atoms with Gasteiger partial charge in [0.2, 0.25) is 5.76 Å². The van der Waals surface area contributed by atoms with E-state index in [4.69, 9.17) is 4.52 Å². The number of amides is 1. The minimum Gasteiger partial charge on any atom is -0.351 e. The molecular formula is C22H22N4O2. The lowest BCUT2D eigenvalue weighted by Gasteiger charge is -2.06. The summed E-state index contributed by atoms with van der Waals surface area (Å²) >= 11 is 0. The van der Waals surface area contributed by atoms with E-state index in [1.165, 1.54) is 0 Å². The van der Waals surface area contributed by atoms with E-state index in [0.717, 1.165) is 28.1 Å². The first kappa shape index (κ1) is 18.0. The molecule has 1 amide bonds. The van der Waals surface area contributed by atoms with Crippen LogP contribution in [0.5, 0.6) is 0 Å². The summed E-state index contributed by atoms with van der Waals surface area (Å²) in [5.41, 5.74) is 3.91. The largest absolute Gasteiger partial charge is 0.351 e. The van der Waals surface area contributed by atoms with Gasteiger partial charge in [0.1, 0.15) is 5.82 Å². The average molecular weight is 374 g/mol. The fourth-order valence-corrected chi connectivity index (χ4v) is 3.31. The van der Waals surface area contributed by atoms with Crippen molar-refractivity contribution < 1.29 is 9.32 Å². The van der Waals surface area contributed by atoms with Gasteiger partial charge in [-0.1, -0.05) is 54.5 Å². The Hall–Kier alpha value is -3.41. The second kappa shape index (κ2) is 7.68. The standard InChI is InChI=1S/C22H22N4O2/c1-15(16-8-4-3-5-9-16)18-14-20(28-25-18)22(27)23-13-12-21-24-17-10-6-7-11-19(17)26(21)2/h3-11,14-15H,12-13H2,1-2H3,(H,23,27). The molecule has 0 spiro atoms. The van der Waals surface area contributed by atoms with E-state index in [9.17, 15) is 4.79 Å². The highest BCUT2D eigenvalue weighted by Gasteiger charge is 2.18. The number of nitrogens with one attached hydrogen (secondary N) is 1. The van der Waals surface area contributed by atoms with Gasteiger partial charge in [-0.2, -0.15) is 0 Å². The van der Waals surface area contributed by atoms with Crippen LogP contribution in [0.1, 0.15) is 40.5 Å². The molecule has 0 bridgehead atoms. The van der Waals surface area contributed by atoms with Gasteiger partial charge in [0.05, 0.1) is 16.7 Å². The summed E-state index contributed by atoms with van der Waals surface area (Å²) in [6, 6.07) is 19.7. The molecule has 2 aromatic carbocycles. The first-order valence-electron chi connectivity index (χ1n) is 9.33. The van der Waals surface area contributed by atoms with Crippen LogP contribution in [0, 0.1) is 0 Å². The summed E-state index contributed by atoms with van der Waals surface area (Å²) in [5.74, 6) is 0.949. The Balaban J connectivity index is 1.38. The summed E-state index contributed by atoms with van der Waals surface area (Å²) in [4.78, 5) is 17.0. The number of fused-ring (bicyclic) bond motifs is 1. The number of aryl methyl sites for hydroxylation is 1. The maximum absolute atomic E-state index is 12.4. The van der Waals surface area contributed by atoms with Crippen LogP contribution in [0.3, 0.4) is 0 Å². The Morgan fingerprint density at radius 3 is 2.68 bits per heavy atom. The Morgan fingerprint density at radius 1 is 1.14 bits per heavy atom. The Labute approximate surface area is 163 Å². The number of hydrogen-bond acceptors (Lipinski definition) is 4. The maximum Gasteiger partial charge on any atom is 0.289 e. The molecular weight excluding hydrogens is 352 g/mol. The van der Waals surface area contributed by atoms with Crippen molar-refractivity contribution in [2.24, 2.45) is 7.05 Å². The van der Waals surface area contributed by atoms with E-state index in [1.807, 2.05) is 68.6 Å². The number of imidazole rings is 1. The molecule has 0 fully saturated rings. The number of aromatic nitrogens is 3. The molecule has 0 aliphatic carbocycles. The van der Waals surface area contributed by atoms with E-state index in [2.05, 4.69) is 20.0 Å². The fourth-order valence-electron chi connectivity index (χ4n) is 3.31. The van der Waals surface area contributed by atoms with Crippen LogP contribution in [0.25, 0.3) is 11.0 Å². The molecule has 6 heteroatoms. The molecule has 0 saturated carbocycles. The van der Waals surface area contributed by atoms with Crippen LogP contribution in [0.4, 0.5) is 0 Å². The molecule has 0 aliphatic rings. The number of carbonyl (C=O) groups is 1. The van der Waals surface area contributed by atoms with Crippen molar-refractivity contribution in [3.05, 3.63) is 83.5 Å². The van der Waals surface area contributed by atoms with Gasteiger partial charge in [-0.25, -0.2) is 4.98 Å². The molecule has 4 rings (SSSR count). The van der Waals surface area contributed by atoms with Crippen molar-refractivity contribution in [1.29, 1.82) is 0 Å². The van der Waals surface area contributed by atoms with Gasteiger partial charge < -0.3 is 14.4 Å². The van der Waals surface area contributed by atoms with E-state index in [0.29, 0.717) is 13.0 Å². The van der Waals surface area contributed by atoms with Gasteiger partial charge >= 0.3 is 0 Å². The van der Waals surface area contributed by atoms with Crippen molar-refractivity contribution in [3.8, 4) is 0 Å². The van der Waals surface area contributed by atoms with Crippen LogP contribution in [0.15, 0.2) is 65.2 Å². The van der Waals surface area contributed by atoms with E-state index in [1.54, 1.807) is 6.07 Å². The number of carbonyl (C=O) groups excluding carboxylic acids is 1. The van der Waals surface area contributed by atoms with Gasteiger partial charge in [-0.15, -0.1) is 0 Å². The number of rotatable bonds is 6. The molecule has 4 aromatic rings. The average Bonchev–Trinajstić information content (AvgIpc) is 3.34. The molecule has 2 heterocycles. The molecule has 6 nitrogen and oxygen atoms in total. The number of nitrogens with zero attached hydrogens (tertiary/aromatic N) is 3. The third kappa shape index (κ3) is 3.53. The fraction of sp³-hybridized carbons (Fsp3) is 0.227. The molecule has 2 aromatic heterocycles. The van der Waals surface area contributed by atoms with Crippen LogP contribution in [-0.2, 0) is 13.5 Å². The number of hydrogen-bond donors (Lipinski definition) is 1. The van der Waals surface area contributed by atoms with Gasteiger partial charge in [0.15, 0.2) is 0 Å². The summed E-state index contributed by atoms with van der Waals surface area (Å²) in [6.45, 7) is 2.51. The Morgan fingerprint density at radius 2 is 1.89 bits per heavy atom. The van der Waals surface area contributed by atoms with Crippen LogP contribution < -0.4 is 5.32 Å². The normalized spacial score (nSPS) is 12.2. The second-order valence-electron chi connectivity index (χ2n) is 6.83. The van der Waals surface area contributed by atoms with E-state index < -0.39 is 0 Å². The van der Waals surface area contributed by atoms with Crippen molar-refractivity contribution in [2.45, 2.75) is 19.3 Å². The van der Waals surface area contributed by atoms with E-state index >= 15 is 0 Å². The summed E-state index contributed by atoms with van der Waals surface area (Å²) in [5, 5.41) is 6.96. The Bertz CT molecular complexity index is 1100. The number of benzene rings is 2. The summed E-state index contributed by atoms with van der Waals surface area (Å²) < 4.78 is 7.31. The van der Waals surface area contributed by atoms with Crippen molar-refractivity contribution >= 4 is 16.9 Å². The summed E-state index contributed by atoms with van der Waals surface area (Å²) in [6.07, 6.45) is 0.637. The third-order valence-corrected chi connectivity index (χ3v) is 5.01. The van der Waals surface area contributed by atoms with Gasteiger partial charge in [-0.05, 0) is 17.7 Å². The van der Waals surface area contributed by atoms with Gasteiger partial charge in [0, 0.05) is 32.0 Å². The zero-order valence-corrected chi connectivity index (χ0v) is 15.9. The Kier molecular flexibility index (Phi) is 4.93. The molecule has 1 N–H and O–H groups in total. The smallest absolute Gasteiger partial charge is 0.289 e. The molecule has 0 saturated heterocycles. The lowest BCUT2D eigenvalue weighted by atomic mass is 9.98. The molecule has 28 heavy (non-hydrogen) atoms. The van der Waals surface area contributed by atoms with Gasteiger partial charge in [-0.3, -0.25) is 4.79 Å².